The van der Waals surface area contributed by atoms with Crippen molar-refractivity contribution in [1.82, 2.24) is 9.97 Å². The molecule has 0 aliphatic carbocycles. The van der Waals surface area contributed by atoms with Gasteiger partial charge >= 0.3 is 0 Å². The van der Waals surface area contributed by atoms with E-state index in [4.69, 9.17) is 11.6 Å². The number of nitro groups is 1. The Balaban J connectivity index is 1.67. The highest BCUT2D eigenvalue weighted by Gasteiger charge is 2.23. The standard InChI is InChI=1S/C23H15ClN4O3S/c24-14-5-8-18-20(12-14)32-23(26-18)27-22(13-3-6-15(7-4-13)28(30)31)21-16-2-1-11-25-17(16)9-10-19(21)29/h1-12,22,29H,(H,26,27). The molecule has 0 aliphatic rings. The van der Waals surface area contributed by atoms with E-state index in [2.05, 4.69) is 15.3 Å². The number of aromatic hydroxyl groups is 1. The zero-order chi connectivity index (χ0) is 22.2. The van der Waals surface area contributed by atoms with Gasteiger partial charge in [0.05, 0.1) is 26.7 Å². The van der Waals surface area contributed by atoms with Crippen molar-refractivity contribution in [2.45, 2.75) is 6.04 Å². The van der Waals surface area contributed by atoms with Crippen LogP contribution in [0.1, 0.15) is 17.2 Å². The first-order valence-electron chi connectivity index (χ1n) is 9.63. The Morgan fingerprint density at radius 2 is 1.84 bits per heavy atom. The van der Waals surface area contributed by atoms with E-state index in [-0.39, 0.29) is 11.4 Å². The Hall–Kier alpha value is -3.75. The van der Waals surface area contributed by atoms with Crippen LogP contribution in [-0.2, 0) is 0 Å². The number of nitrogens with zero attached hydrogens (tertiary/aromatic N) is 3. The summed E-state index contributed by atoms with van der Waals surface area (Å²) < 4.78 is 0.922. The predicted molar refractivity (Wildman–Crippen MR) is 127 cm³/mol. The molecule has 0 radical (unpaired) electrons. The molecule has 0 amide bonds. The van der Waals surface area contributed by atoms with Crippen LogP contribution in [0.5, 0.6) is 5.75 Å². The number of aromatic nitrogens is 2. The highest BCUT2D eigenvalue weighted by Crippen LogP contribution is 2.39. The third-order valence-corrected chi connectivity index (χ3v) is 6.33. The van der Waals surface area contributed by atoms with Crippen molar-refractivity contribution >= 4 is 54.9 Å². The minimum absolute atomic E-state index is 0.00839. The molecule has 7 nitrogen and oxygen atoms in total. The number of rotatable bonds is 5. The lowest BCUT2D eigenvalue weighted by atomic mass is 9.94. The number of halogens is 1. The zero-order valence-electron chi connectivity index (χ0n) is 16.4. The van der Waals surface area contributed by atoms with E-state index in [0.29, 0.717) is 15.7 Å². The Morgan fingerprint density at radius 3 is 2.62 bits per heavy atom. The van der Waals surface area contributed by atoms with E-state index in [1.165, 1.54) is 23.5 Å². The number of benzene rings is 3. The van der Waals surface area contributed by atoms with Gasteiger partial charge in [0.2, 0.25) is 0 Å². The van der Waals surface area contributed by atoms with Crippen molar-refractivity contribution in [1.29, 1.82) is 0 Å². The van der Waals surface area contributed by atoms with Crippen molar-refractivity contribution in [3.63, 3.8) is 0 Å². The summed E-state index contributed by atoms with van der Waals surface area (Å²) in [6.45, 7) is 0. The van der Waals surface area contributed by atoms with Crippen LogP contribution in [-0.4, -0.2) is 20.0 Å². The lowest BCUT2D eigenvalue weighted by molar-refractivity contribution is -0.384. The van der Waals surface area contributed by atoms with Gasteiger partial charge in [0, 0.05) is 34.3 Å². The van der Waals surface area contributed by atoms with E-state index in [0.717, 1.165) is 26.7 Å². The molecule has 0 aliphatic heterocycles. The molecule has 0 spiro atoms. The van der Waals surface area contributed by atoms with Gasteiger partial charge in [0.25, 0.3) is 5.69 Å². The van der Waals surface area contributed by atoms with Gasteiger partial charge in [-0.1, -0.05) is 29.0 Å². The lowest BCUT2D eigenvalue weighted by Crippen LogP contribution is -2.13. The molecule has 32 heavy (non-hydrogen) atoms. The topological polar surface area (TPSA) is 101 Å². The largest absolute Gasteiger partial charge is 0.508 e. The third kappa shape index (κ3) is 3.70. The number of anilines is 1. The molecule has 0 fully saturated rings. The number of non-ortho nitro benzene ring substituents is 1. The highest BCUT2D eigenvalue weighted by molar-refractivity contribution is 7.22. The summed E-state index contributed by atoms with van der Waals surface area (Å²) >= 11 is 7.55. The Labute approximate surface area is 191 Å². The van der Waals surface area contributed by atoms with Gasteiger partial charge in [-0.25, -0.2) is 4.98 Å². The van der Waals surface area contributed by atoms with Gasteiger partial charge in [-0.15, -0.1) is 0 Å². The first-order valence-corrected chi connectivity index (χ1v) is 10.8. The first kappa shape index (κ1) is 20.2. The molecule has 2 N–H and O–H groups in total. The quantitative estimate of drug-likeness (QED) is 0.234. The fourth-order valence-electron chi connectivity index (χ4n) is 3.66. The van der Waals surface area contributed by atoms with Gasteiger partial charge in [-0.05, 0) is 54.1 Å². The average molecular weight is 463 g/mol. The summed E-state index contributed by atoms with van der Waals surface area (Å²) in [6.07, 6.45) is 1.69. The normalized spacial score (nSPS) is 12.2. The summed E-state index contributed by atoms with van der Waals surface area (Å²) in [4.78, 5) is 19.7. The molecule has 0 saturated carbocycles. The summed E-state index contributed by atoms with van der Waals surface area (Å²) in [6, 6.07) is 18.2. The van der Waals surface area contributed by atoms with Gasteiger partial charge < -0.3 is 10.4 Å². The number of phenols is 1. The molecule has 1 unspecified atom stereocenters. The molecule has 9 heteroatoms. The molecule has 3 aromatic carbocycles. The molecule has 1 atom stereocenters. The Morgan fingerprint density at radius 1 is 1.06 bits per heavy atom. The molecule has 2 aromatic heterocycles. The molecular formula is C23H15ClN4O3S. The summed E-state index contributed by atoms with van der Waals surface area (Å²) in [7, 11) is 0. The SMILES string of the molecule is O=[N+]([O-])c1ccc(C(Nc2nc3ccc(Cl)cc3s2)c2c(O)ccc3ncccc23)cc1. The maximum Gasteiger partial charge on any atom is 0.269 e. The molecular weight excluding hydrogens is 448 g/mol. The van der Waals surface area contributed by atoms with Gasteiger partial charge in [-0.3, -0.25) is 15.1 Å². The van der Waals surface area contributed by atoms with Crippen LogP contribution in [0.4, 0.5) is 10.8 Å². The number of nitrogens with one attached hydrogen (secondary N) is 1. The van der Waals surface area contributed by atoms with Crippen LogP contribution in [0.15, 0.2) is 72.9 Å². The van der Waals surface area contributed by atoms with E-state index in [9.17, 15) is 15.2 Å². The second kappa shape index (κ2) is 8.07. The summed E-state index contributed by atoms with van der Waals surface area (Å²) in [5.74, 6) is 0.0884. The Bertz CT molecular complexity index is 1470. The number of phenolic OH excluding ortho intramolecular Hbond substituents is 1. The molecule has 158 valence electrons. The first-order chi connectivity index (χ1) is 15.5. The lowest BCUT2D eigenvalue weighted by Gasteiger charge is -2.22. The molecule has 5 rings (SSSR count). The van der Waals surface area contributed by atoms with E-state index >= 15 is 0 Å². The van der Waals surface area contributed by atoms with Crippen molar-refractivity contribution < 1.29 is 10.0 Å². The molecule has 0 bridgehead atoms. The predicted octanol–water partition coefficient (Wildman–Crippen LogP) is 6.31. The Kier molecular flexibility index (Phi) is 5.08. The van der Waals surface area contributed by atoms with E-state index < -0.39 is 11.0 Å². The molecule has 0 saturated heterocycles. The van der Waals surface area contributed by atoms with Crippen LogP contribution < -0.4 is 5.32 Å². The third-order valence-electron chi connectivity index (χ3n) is 5.15. The molecule has 2 heterocycles. The molecule has 5 aromatic rings. The maximum atomic E-state index is 11.1. The van der Waals surface area contributed by atoms with Crippen LogP contribution >= 0.6 is 22.9 Å². The van der Waals surface area contributed by atoms with Gasteiger partial charge in [0.1, 0.15) is 5.75 Å². The monoisotopic (exact) mass is 462 g/mol. The number of fused-ring (bicyclic) bond motifs is 2. The highest BCUT2D eigenvalue weighted by atomic mass is 35.5. The van der Waals surface area contributed by atoms with Crippen LogP contribution in [0.2, 0.25) is 5.02 Å². The van der Waals surface area contributed by atoms with E-state index in [1.54, 1.807) is 42.6 Å². The van der Waals surface area contributed by atoms with Crippen molar-refractivity contribution in [3.8, 4) is 5.75 Å². The van der Waals surface area contributed by atoms with Gasteiger partial charge in [0.15, 0.2) is 5.13 Å². The number of hydrogen-bond acceptors (Lipinski definition) is 7. The number of pyridine rings is 1. The number of thiazole rings is 1. The van der Waals surface area contributed by atoms with Crippen LogP contribution in [0.3, 0.4) is 0 Å². The summed E-state index contributed by atoms with van der Waals surface area (Å²) in [5, 5.41) is 27.4. The van der Waals surface area contributed by atoms with Crippen molar-refractivity contribution in [2.75, 3.05) is 5.32 Å². The second-order valence-corrected chi connectivity index (χ2v) is 8.59. The van der Waals surface area contributed by atoms with Crippen molar-refractivity contribution in [3.05, 3.63) is 99.2 Å². The van der Waals surface area contributed by atoms with Gasteiger partial charge in [-0.2, -0.15) is 0 Å². The maximum absolute atomic E-state index is 11.1. The minimum Gasteiger partial charge on any atom is -0.508 e. The minimum atomic E-state index is -0.528. The fraction of sp³-hybridized carbons (Fsp3) is 0.0435. The smallest absolute Gasteiger partial charge is 0.269 e. The average Bonchev–Trinajstić information content (AvgIpc) is 3.19. The second-order valence-electron chi connectivity index (χ2n) is 7.13. The number of nitro benzene ring substituents is 1. The van der Waals surface area contributed by atoms with Crippen molar-refractivity contribution in [2.24, 2.45) is 0 Å². The van der Waals surface area contributed by atoms with E-state index in [1.807, 2.05) is 18.2 Å². The van der Waals surface area contributed by atoms with Crippen LogP contribution in [0.25, 0.3) is 21.1 Å². The number of hydrogen-bond donors (Lipinski definition) is 2. The van der Waals surface area contributed by atoms with Crippen LogP contribution in [0, 0.1) is 10.1 Å². The summed E-state index contributed by atoms with van der Waals surface area (Å²) in [5.41, 5.74) is 2.87. The zero-order valence-corrected chi connectivity index (χ0v) is 18.0. The fourth-order valence-corrected chi connectivity index (χ4v) is 4.83.